The molecular weight excluding hydrogens is 264 g/mol. The molecule has 4 heteroatoms. The van der Waals surface area contributed by atoms with Crippen LogP contribution in [0.4, 0.5) is 0 Å². The number of pyridine rings is 1. The normalized spacial score (nSPS) is 12.3. The van der Waals surface area contributed by atoms with Gasteiger partial charge in [-0.05, 0) is 43.1 Å². The molecular formula is C17H24N2O2. The topological polar surface area (TPSA) is 47.3 Å². The summed E-state index contributed by atoms with van der Waals surface area (Å²) in [6.45, 7) is 5.86. The van der Waals surface area contributed by atoms with E-state index in [0.717, 1.165) is 49.5 Å². The number of ether oxygens (including phenoxy) is 1. The Bertz CT molecular complexity index is 511. The molecule has 0 radical (unpaired) electrons. The van der Waals surface area contributed by atoms with Gasteiger partial charge in [0.05, 0.1) is 19.1 Å². The maximum atomic E-state index is 5.67. The first-order valence-corrected chi connectivity index (χ1v) is 7.67. The Kier molecular flexibility index (Phi) is 6.28. The van der Waals surface area contributed by atoms with Crippen LogP contribution in [0.15, 0.2) is 41.3 Å². The fraction of sp³-hybridized carbons (Fsp3) is 0.471. The van der Waals surface area contributed by atoms with Gasteiger partial charge < -0.3 is 14.5 Å². The molecule has 1 unspecified atom stereocenters. The molecule has 0 fully saturated rings. The van der Waals surface area contributed by atoms with Crippen molar-refractivity contribution in [2.24, 2.45) is 0 Å². The van der Waals surface area contributed by atoms with Gasteiger partial charge in [-0.3, -0.25) is 4.98 Å². The standard InChI is InChI=1S/C17H24N2O2/c1-3-9-20-16-11-14(12-18-13-16)17(19-4-2)8-7-15-6-5-10-21-15/h5-6,10-13,17,19H,3-4,7-9H2,1-2H3. The van der Waals surface area contributed by atoms with E-state index in [0.29, 0.717) is 0 Å². The lowest BCUT2D eigenvalue weighted by atomic mass is 10.0. The van der Waals surface area contributed by atoms with Crippen molar-refractivity contribution >= 4 is 0 Å². The van der Waals surface area contributed by atoms with Crippen molar-refractivity contribution < 1.29 is 9.15 Å². The zero-order valence-electron chi connectivity index (χ0n) is 12.8. The Morgan fingerprint density at radius 1 is 1.33 bits per heavy atom. The summed E-state index contributed by atoms with van der Waals surface area (Å²) in [5, 5.41) is 3.51. The van der Waals surface area contributed by atoms with Crippen LogP contribution in [0.1, 0.15) is 44.1 Å². The number of aromatic nitrogens is 1. The second-order valence-corrected chi connectivity index (χ2v) is 5.03. The van der Waals surface area contributed by atoms with Crippen molar-refractivity contribution in [1.29, 1.82) is 0 Å². The Morgan fingerprint density at radius 2 is 2.24 bits per heavy atom. The van der Waals surface area contributed by atoms with E-state index in [9.17, 15) is 0 Å². The van der Waals surface area contributed by atoms with Crippen LogP contribution in [-0.2, 0) is 6.42 Å². The molecule has 2 heterocycles. The van der Waals surface area contributed by atoms with E-state index in [-0.39, 0.29) is 6.04 Å². The Morgan fingerprint density at radius 3 is 2.95 bits per heavy atom. The van der Waals surface area contributed by atoms with Gasteiger partial charge in [-0.2, -0.15) is 0 Å². The van der Waals surface area contributed by atoms with Crippen LogP contribution in [0.2, 0.25) is 0 Å². The Labute approximate surface area is 126 Å². The van der Waals surface area contributed by atoms with Gasteiger partial charge in [0, 0.05) is 18.7 Å². The molecule has 0 spiro atoms. The third kappa shape index (κ3) is 4.90. The molecule has 2 aromatic rings. The fourth-order valence-electron chi connectivity index (χ4n) is 2.30. The average molecular weight is 288 g/mol. The molecule has 114 valence electrons. The van der Waals surface area contributed by atoms with Gasteiger partial charge in [-0.1, -0.05) is 13.8 Å². The second kappa shape index (κ2) is 8.47. The SMILES string of the molecule is CCCOc1cncc(C(CCc2ccco2)NCC)c1. The molecule has 4 nitrogen and oxygen atoms in total. The highest BCUT2D eigenvalue weighted by Crippen LogP contribution is 2.22. The van der Waals surface area contributed by atoms with Crippen molar-refractivity contribution in [3.8, 4) is 5.75 Å². The molecule has 21 heavy (non-hydrogen) atoms. The van der Waals surface area contributed by atoms with Crippen LogP contribution in [0.25, 0.3) is 0 Å². The highest BCUT2D eigenvalue weighted by atomic mass is 16.5. The number of furan rings is 1. The molecule has 0 aliphatic heterocycles. The molecule has 0 saturated heterocycles. The van der Waals surface area contributed by atoms with Crippen molar-refractivity contribution in [3.63, 3.8) is 0 Å². The van der Waals surface area contributed by atoms with Crippen LogP contribution in [-0.4, -0.2) is 18.1 Å². The summed E-state index contributed by atoms with van der Waals surface area (Å²) in [7, 11) is 0. The number of hydrogen-bond acceptors (Lipinski definition) is 4. The molecule has 0 aromatic carbocycles. The molecule has 0 aliphatic carbocycles. The molecule has 1 atom stereocenters. The van der Waals surface area contributed by atoms with Crippen LogP contribution in [0, 0.1) is 0 Å². The summed E-state index contributed by atoms with van der Waals surface area (Å²) in [5.41, 5.74) is 1.16. The predicted molar refractivity (Wildman–Crippen MR) is 83.5 cm³/mol. The first-order valence-electron chi connectivity index (χ1n) is 7.67. The number of hydrogen-bond donors (Lipinski definition) is 1. The minimum Gasteiger partial charge on any atom is -0.492 e. The third-order valence-electron chi connectivity index (χ3n) is 3.32. The van der Waals surface area contributed by atoms with Gasteiger partial charge in [0.15, 0.2) is 0 Å². The summed E-state index contributed by atoms with van der Waals surface area (Å²) >= 11 is 0. The highest BCUT2D eigenvalue weighted by molar-refractivity contribution is 5.26. The highest BCUT2D eigenvalue weighted by Gasteiger charge is 2.12. The summed E-state index contributed by atoms with van der Waals surface area (Å²) < 4.78 is 11.1. The van der Waals surface area contributed by atoms with Crippen molar-refractivity contribution in [2.75, 3.05) is 13.2 Å². The van der Waals surface area contributed by atoms with Gasteiger partial charge in [-0.15, -0.1) is 0 Å². The Hall–Kier alpha value is -1.81. The summed E-state index contributed by atoms with van der Waals surface area (Å²) in [6.07, 6.45) is 8.28. The smallest absolute Gasteiger partial charge is 0.137 e. The Balaban J connectivity index is 2.02. The maximum Gasteiger partial charge on any atom is 0.137 e. The van der Waals surface area contributed by atoms with Gasteiger partial charge >= 0.3 is 0 Å². The van der Waals surface area contributed by atoms with E-state index in [1.807, 2.05) is 18.3 Å². The molecule has 0 bridgehead atoms. The molecule has 0 saturated carbocycles. The van der Waals surface area contributed by atoms with E-state index >= 15 is 0 Å². The first kappa shape index (κ1) is 15.6. The molecule has 2 aromatic heterocycles. The monoisotopic (exact) mass is 288 g/mol. The lowest BCUT2D eigenvalue weighted by molar-refractivity contribution is 0.315. The van der Waals surface area contributed by atoms with Crippen LogP contribution in [0.5, 0.6) is 5.75 Å². The lowest BCUT2D eigenvalue weighted by Crippen LogP contribution is -2.21. The van der Waals surface area contributed by atoms with E-state index in [2.05, 4.69) is 30.2 Å². The van der Waals surface area contributed by atoms with E-state index < -0.39 is 0 Å². The van der Waals surface area contributed by atoms with E-state index in [4.69, 9.17) is 9.15 Å². The lowest BCUT2D eigenvalue weighted by Gasteiger charge is -2.18. The van der Waals surface area contributed by atoms with Crippen LogP contribution in [0.3, 0.4) is 0 Å². The van der Waals surface area contributed by atoms with Crippen molar-refractivity contribution in [1.82, 2.24) is 10.3 Å². The van der Waals surface area contributed by atoms with Gasteiger partial charge in [-0.25, -0.2) is 0 Å². The maximum absolute atomic E-state index is 5.67. The number of nitrogens with one attached hydrogen (secondary N) is 1. The average Bonchev–Trinajstić information content (AvgIpc) is 3.03. The summed E-state index contributed by atoms with van der Waals surface area (Å²) in [5.74, 6) is 1.86. The fourth-order valence-corrected chi connectivity index (χ4v) is 2.30. The molecule has 0 aliphatic rings. The largest absolute Gasteiger partial charge is 0.492 e. The quantitative estimate of drug-likeness (QED) is 0.763. The number of aryl methyl sites for hydroxylation is 1. The van der Waals surface area contributed by atoms with E-state index in [1.165, 1.54) is 0 Å². The minimum absolute atomic E-state index is 0.262. The van der Waals surface area contributed by atoms with Gasteiger partial charge in [0.1, 0.15) is 11.5 Å². The van der Waals surface area contributed by atoms with Gasteiger partial charge in [0.25, 0.3) is 0 Å². The zero-order valence-corrected chi connectivity index (χ0v) is 12.8. The minimum atomic E-state index is 0.262. The summed E-state index contributed by atoms with van der Waals surface area (Å²) in [4.78, 5) is 4.30. The second-order valence-electron chi connectivity index (χ2n) is 5.03. The van der Waals surface area contributed by atoms with E-state index in [1.54, 1.807) is 12.5 Å². The summed E-state index contributed by atoms with van der Waals surface area (Å²) in [6, 6.07) is 6.29. The van der Waals surface area contributed by atoms with Crippen molar-refractivity contribution in [2.45, 2.75) is 39.2 Å². The van der Waals surface area contributed by atoms with Crippen LogP contribution >= 0.6 is 0 Å². The first-order chi connectivity index (χ1) is 10.3. The van der Waals surface area contributed by atoms with Crippen molar-refractivity contribution in [3.05, 3.63) is 48.2 Å². The number of rotatable bonds is 9. The zero-order chi connectivity index (χ0) is 14.9. The van der Waals surface area contributed by atoms with Gasteiger partial charge in [0.2, 0.25) is 0 Å². The molecule has 2 rings (SSSR count). The third-order valence-corrected chi connectivity index (χ3v) is 3.32. The predicted octanol–water partition coefficient (Wildman–Crippen LogP) is 3.75. The van der Waals surface area contributed by atoms with Crippen LogP contribution < -0.4 is 10.1 Å². The molecule has 0 amide bonds. The molecule has 1 N–H and O–H groups in total. The number of nitrogens with zero attached hydrogens (tertiary/aromatic N) is 1.